The first-order chi connectivity index (χ1) is 7.95. The van der Waals surface area contributed by atoms with E-state index in [0.717, 1.165) is 38.6 Å². The van der Waals surface area contributed by atoms with Gasteiger partial charge in [0.15, 0.2) is 0 Å². The van der Waals surface area contributed by atoms with Gasteiger partial charge in [-0.1, -0.05) is 20.3 Å². The maximum atomic E-state index is 12.6. The minimum Gasteiger partial charge on any atom is -0.338 e. The zero-order valence-corrected chi connectivity index (χ0v) is 11.8. The van der Waals surface area contributed by atoms with Gasteiger partial charge in [0.05, 0.1) is 5.54 Å². The van der Waals surface area contributed by atoms with Gasteiger partial charge >= 0.3 is 0 Å². The highest BCUT2D eigenvalue weighted by Crippen LogP contribution is 2.39. The third-order valence-electron chi connectivity index (χ3n) is 4.02. The molecule has 17 heavy (non-hydrogen) atoms. The SMILES string of the molecule is CCCCN(C(=O)C(C)(N)C1CC1)C(C)CC. The molecule has 0 aliphatic heterocycles. The quantitative estimate of drug-likeness (QED) is 0.743. The monoisotopic (exact) mass is 240 g/mol. The van der Waals surface area contributed by atoms with Crippen LogP contribution in [0.4, 0.5) is 0 Å². The van der Waals surface area contributed by atoms with E-state index in [1.807, 2.05) is 11.8 Å². The Morgan fingerprint density at radius 3 is 2.47 bits per heavy atom. The molecule has 0 heterocycles. The molecule has 2 unspecified atom stereocenters. The van der Waals surface area contributed by atoms with Crippen LogP contribution in [0.25, 0.3) is 0 Å². The van der Waals surface area contributed by atoms with Gasteiger partial charge in [-0.15, -0.1) is 0 Å². The number of unbranched alkanes of at least 4 members (excludes halogenated alkanes) is 1. The molecule has 1 amide bonds. The number of carbonyl (C=O) groups excluding carboxylic acids is 1. The molecular weight excluding hydrogens is 212 g/mol. The second kappa shape index (κ2) is 5.85. The average molecular weight is 240 g/mol. The summed E-state index contributed by atoms with van der Waals surface area (Å²) in [7, 11) is 0. The summed E-state index contributed by atoms with van der Waals surface area (Å²) in [5.41, 5.74) is 5.60. The smallest absolute Gasteiger partial charge is 0.242 e. The Bertz CT molecular complexity index is 259. The van der Waals surface area contributed by atoms with Crippen molar-refractivity contribution in [2.24, 2.45) is 11.7 Å². The van der Waals surface area contributed by atoms with Crippen LogP contribution in [0.1, 0.15) is 59.8 Å². The maximum Gasteiger partial charge on any atom is 0.242 e. The van der Waals surface area contributed by atoms with E-state index in [4.69, 9.17) is 5.73 Å². The van der Waals surface area contributed by atoms with E-state index in [1.165, 1.54) is 0 Å². The van der Waals surface area contributed by atoms with Gasteiger partial charge in [-0.25, -0.2) is 0 Å². The third kappa shape index (κ3) is 3.44. The van der Waals surface area contributed by atoms with Gasteiger partial charge in [0.2, 0.25) is 5.91 Å². The van der Waals surface area contributed by atoms with E-state index in [0.29, 0.717) is 12.0 Å². The minimum absolute atomic E-state index is 0.155. The van der Waals surface area contributed by atoms with Crippen molar-refractivity contribution in [3.63, 3.8) is 0 Å². The number of amides is 1. The van der Waals surface area contributed by atoms with E-state index in [1.54, 1.807) is 0 Å². The van der Waals surface area contributed by atoms with Crippen LogP contribution in [0.3, 0.4) is 0 Å². The van der Waals surface area contributed by atoms with Crippen molar-refractivity contribution in [2.75, 3.05) is 6.54 Å². The van der Waals surface area contributed by atoms with Gasteiger partial charge in [-0.2, -0.15) is 0 Å². The summed E-state index contributed by atoms with van der Waals surface area (Å²) in [6.07, 6.45) is 5.40. The highest BCUT2D eigenvalue weighted by molar-refractivity contribution is 5.86. The Morgan fingerprint density at radius 1 is 1.47 bits per heavy atom. The van der Waals surface area contributed by atoms with Crippen LogP contribution < -0.4 is 5.73 Å². The summed E-state index contributed by atoms with van der Waals surface area (Å²) in [5.74, 6) is 0.561. The molecule has 1 saturated carbocycles. The number of hydrogen-bond donors (Lipinski definition) is 1. The summed E-state index contributed by atoms with van der Waals surface area (Å²) >= 11 is 0. The normalized spacial score (nSPS) is 20.8. The number of rotatable bonds is 7. The molecule has 3 nitrogen and oxygen atoms in total. The Labute approximate surface area is 106 Å². The summed E-state index contributed by atoms with van der Waals surface area (Å²) in [4.78, 5) is 14.6. The van der Waals surface area contributed by atoms with Crippen LogP contribution in [0.5, 0.6) is 0 Å². The predicted molar refractivity (Wildman–Crippen MR) is 71.7 cm³/mol. The molecule has 0 radical (unpaired) electrons. The van der Waals surface area contributed by atoms with Crippen LogP contribution in [-0.4, -0.2) is 28.9 Å². The van der Waals surface area contributed by atoms with Gasteiger partial charge < -0.3 is 10.6 Å². The van der Waals surface area contributed by atoms with Crippen LogP contribution in [0.15, 0.2) is 0 Å². The first kappa shape index (κ1) is 14.5. The highest BCUT2D eigenvalue weighted by atomic mass is 16.2. The molecule has 3 heteroatoms. The van der Waals surface area contributed by atoms with E-state index in [-0.39, 0.29) is 5.91 Å². The Hall–Kier alpha value is -0.570. The third-order valence-corrected chi connectivity index (χ3v) is 4.02. The molecule has 0 aromatic rings. The molecule has 2 atom stereocenters. The predicted octanol–water partition coefficient (Wildman–Crippen LogP) is 2.54. The van der Waals surface area contributed by atoms with Crippen molar-refractivity contribution < 1.29 is 4.79 Å². The van der Waals surface area contributed by atoms with E-state index >= 15 is 0 Å². The summed E-state index contributed by atoms with van der Waals surface area (Å²) in [6, 6.07) is 0.302. The number of nitrogens with zero attached hydrogens (tertiary/aromatic N) is 1. The van der Waals surface area contributed by atoms with Crippen molar-refractivity contribution in [1.82, 2.24) is 4.90 Å². The largest absolute Gasteiger partial charge is 0.338 e. The molecule has 1 fully saturated rings. The van der Waals surface area contributed by atoms with E-state index in [2.05, 4.69) is 20.8 Å². The Kier molecular flexibility index (Phi) is 4.99. The molecule has 1 aliphatic carbocycles. The average Bonchev–Trinajstić information content (AvgIpc) is 3.12. The number of nitrogens with two attached hydrogens (primary N) is 1. The summed E-state index contributed by atoms with van der Waals surface area (Å²) in [6.45, 7) is 9.17. The molecule has 0 saturated heterocycles. The first-order valence-electron chi connectivity index (χ1n) is 7.05. The fourth-order valence-corrected chi connectivity index (χ4v) is 2.24. The van der Waals surface area contributed by atoms with E-state index < -0.39 is 5.54 Å². The zero-order valence-electron chi connectivity index (χ0n) is 11.8. The summed E-state index contributed by atoms with van der Waals surface area (Å²) in [5, 5.41) is 0. The fraction of sp³-hybridized carbons (Fsp3) is 0.929. The second-order valence-corrected chi connectivity index (χ2v) is 5.67. The topological polar surface area (TPSA) is 46.3 Å². The van der Waals surface area contributed by atoms with Gasteiger partial charge in [0.1, 0.15) is 0 Å². The zero-order chi connectivity index (χ0) is 13.1. The molecule has 1 aliphatic rings. The fourth-order valence-electron chi connectivity index (χ4n) is 2.24. The molecule has 100 valence electrons. The Balaban J connectivity index is 2.70. The van der Waals surface area contributed by atoms with Crippen LogP contribution in [0.2, 0.25) is 0 Å². The molecule has 0 aromatic heterocycles. The lowest BCUT2D eigenvalue weighted by atomic mass is 9.94. The lowest BCUT2D eigenvalue weighted by molar-refractivity contribution is -0.139. The molecule has 0 spiro atoms. The Morgan fingerprint density at radius 2 is 2.06 bits per heavy atom. The van der Waals surface area contributed by atoms with Crippen molar-refractivity contribution in [1.29, 1.82) is 0 Å². The van der Waals surface area contributed by atoms with Gasteiger partial charge in [-0.05, 0) is 45.4 Å². The minimum atomic E-state index is -0.642. The second-order valence-electron chi connectivity index (χ2n) is 5.67. The van der Waals surface area contributed by atoms with Crippen molar-refractivity contribution in [2.45, 2.75) is 71.4 Å². The maximum absolute atomic E-state index is 12.6. The van der Waals surface area contributed by atoms with Crippen molar-refractivity contribution >= 4 is 5.91 Å². The molecule has 0 aromatic carbocycles. The van der Waals surface area contributed by atoms with Gasteiger partial charge in [0, 0.05) is 12.6 Å². The van der Waals surface area contributed by atoms with Crippen LogP contribution in [0, 0.1) is 5.92 Å². The van der Waals surface area contributed by atoms with Crippen LogP contribution >= 0.6 is 0 Å². The number of carbonyl (C=O) groups is 1. The molecule has 2 N–H and O–H groups in total. The van der Waals surface area contributed by atoms with Gasteiger partial charge in [-0.3, -0.25) is 4.79 Å². The molecular formula is C14H28N2O. The van der Waals surface area contributed by atoms with Gasteiger partial charge in [0.25, 0.3) is 0 Å². The first-order valence-corrected chi connectivity index (χ1v) is 7.05. The summed E-state index contributed by atoms with van der Waals surface area (Å²) < 4.78 is 0. The lowest BCUT2D eigenvalue weighted by Crippen LogP contribution is -2.57. The molecule has 0 bridgehead atoms. The van der Waals surface area contributed by atoms with Crippen LogP contribution in [-0.2, 0) is 4.79 Å². The van der Waals surface area contributed by atoms with E-state index in [9.17, 15) is 4.79 Å². The number of hydrogen-bond acceptors (Lipinski definition) is 2. The molecule has 1 rings (SSSR count). The van der Waals surface area contributed by atoms with Crippen molar-refractivity contribution in [3.05, 3.63) is 0 Å². The highest BCUT2D eigenvalue weighted by Gasteiger charge is 2.46. The lowest BCUT2D eigenvalue weighted by Gasteiger charge is -2.35. The van der Waals surface area contributed by atoms with Crippen molar-refractivity contribution in [3.8, 4) is 0 Å². The standard InChI is InChI=1S/C14H28N2O/c1-5-7-10-16(11(3)6-2)13(17)14(4,15)12-8-9-12/h11-12H,5-10,15H2,1-4H3.